The summed E-state index contributed by atoms with van der Waals surface area (Å²) < 4.78 is 34.4. The van der Waals surface area contributed by atoms with Crippen molar-refractivity contribution >= 4 is 85.5 Å². The highest BCUT2D eigenvalue weighted by Crippen LogP contribution is 2.37. The molecule has 50 heavy (non-hydrogen) atoms. The minimum Gasteiger partial charge on any atom is -0.462 e. The second kappa shape index (κ2) is 19.7. The summed E-state index contributed by atoms with van der Waals surface area (Å²) in [6.45, 7) is 2.49. The summed E-state index contributed by atoms with van der Waals surface area (Å²) in [4.78, 5) is 31.1. The maximum Gasteiger partial charge on any atom is 0.338 e. The quantitative estimate of drug-likeness (QED) is 0.0924. The summed E-state index contributed by atoms with van der Waals surface area (Å²) in [6.07, 6.45) is 14.4. The fourth-order valence-electron chi connectivity index (χ4n) is 5.45. The lowest BCUT2D eigenvalue weighted by Crippen LogP contribution is -2.44. The van der Waals surface area contributed by atoms with E-state index in [4.69, 9.17) is 51.1 Å². The number of hydrogen-bond acceptors (Lipinski definition) is 6. The highest BCUT2D eigenvalue weighted by molar-refractivity contribution is 7.89. The van der Waals surface area contributed by atoms with Crippen LogP contribution in [0.5, 0.6) is 0 Å². The van der Waals surface area contributed by atoms with Crippen LogP contribution in [0.25, 0.3) is 0 Å². The van der Waals surface area contributed by atoms with Gasteiger partial charge >= 0.3 is 5.97 Å². The number of nitrogens with one attached hydrogen (secondary N) is 2. The third kappa shape index (κ3) is 11.3. The molecule has 1 atom stereocenters. The van der Waals surface area contributed by atoms with Crippen LogP contribution in [0.1, 0.15) is 94.3 Å². The summed E-state index contributed by atoms with van der Waals surface area (Å²) >= 11 is 25.6. The van der Waals surface area contributed by atoms with Crippen LogP contribution in [0.15, 0.2) is 70.6 Å². The minimum absolute atomic E-state index is 0.00726. The van der Waals surface area contributed by atoms with Crippen molar-refractivity contribution in [2.24, 2.45) is 4.99 Å². The van der Waals surface area contributed by atoms with E-state index in [1.54, 1.807) is 24.3 Å². The number of amidine groups is 1. The lowest BCUT2D eigenvalue weighted by molar-refractivity contribution is -0.118. The number of hydrogen-bond donors (Lipinski definition) is 2. The van der Waals surface area contributed by atoms with Gasteiger partial charge in [-0.1, -0.05) is 142 Å². The van der Waals surface area contributed by atoms with Crippen molar-refractivity contribution in [1.29, 1.82) is 0 Å². The van der Waals surface area contributed by atoms with E-state index in [1.807, 2.05) is 0 Å². The predicted octanol–water partition coefficient (Wildman–Crippen LogP) is 10.1. The number of esters is 1. The summed E-state index contributed by atoms with van der Waals surface area (Å²) in [7, 11) is -4.19. The monoisotopic (exact) mass is 782 g/mol. The number of carbonyl (C=O) groups is 2. The zero-order valence-electron chi connectivity index (χ0n) is 27.9. The molecular formula is C36H42Cl4N4O5S. The second-order valence-corrected chi connectivity index (χ2v) is 15.4. The third-order valence-corrected chi connectivity index (χ3v) is 10.7. The molecule has 0 aromatic heterocycles. The molecular weight excluding hydrogens is 742 g/mol. The normalized spacial score (nSPS) is 15.5. The van der Waals surface area contributed by atoms with Crippen molar-refractivity contribution in [2.75, 3.05) is 11.6 Å². The zero-order chi connectivity index (χ0) is 36.1. The van der Waals surface area contributed by atoms with E-state index < -0.39 is 27.9 Å². The van der Waals surface area contributed by atoms with Gasteiger partial charge in [0.15, 0.2) is 6.04 Å². The Morgan fingerprint density at radius 2 is 1.40 bits per heavy atom. The molecule has 1 saturated heterocycles. The van der Waals surface area contributed by atoms with E-state index >= 15 is 0 Å². The van der Waals surface area contributed by atoms with Crippen LogP contribution in [0.3, 0.4) is 0 Å². The van der Waals surface area contributed by atoms with Crippen LogP contribution in [-0.2, 0) is 19.6 Å². The molecule has 0 aliphatic carbocycles. The Kier molecular flexibility index (Phi) is 15.7. The molecule has 0 radical (unpaired) electrons. The molecule has 4 rings (SSSR count). The van der Waals surface area contributed by atoms with Crippen LogP contribution in [-0.4, -0.2) is 38.8 Å². The first-order chi connectivity index (χ1) is 24.0. The summed E-state index contributed by atoms with van der Waals surface area (Å²) in [6, 6.07) is 13.3. The average Bonchev–Trinajstić information content (AvgIpc) is 3.37. The average molecular weight is 785 g/mol. The number of unbranched alkanes of at least 4 members (excludes halogenated alkanes) is 11. The molecule has 9 nitrogen and oxygen atoms in total. The van der Waals surface area contributed by atoms with Crippen LogP contribution in [0.4, 0.5) is 11.4 Å². The fraction of sp³-hybridized carbons (Fsp3) is 0.417. The Morgan fingerprint density at radius 3 is 1.98 bits per heavy atom. The summed E-state index contributed by atoms with van der Waals surface area (Å²) in [5.41, 5.74) is 3.14. The van der Waals surface area contributed by atoms with Crippen molar-refractivity contribution in [3.05, 3.63) is 86.3 Å². The van der Waals surface area contributed by atoms with Crippen molar-refractivity contribution in [2.45, 2.75) is 94.9 Å². The van der Waals surface area contributed by atoms with Gasteiger partial charge in [-0.2, -0.15) is 4.72 Å². The molecule has 0 saturated carbocycles. The molecule has 1 amide bonds. The number of rotatable bonds is 19. The number of sulfonamides is 1. The van der Waals surface area contributed by atoms with Gasteiger partial charge in [-0.3, -0.25) is 10.2 Å². The Morgan fingerprint density at radius 1 is 0.820 bits per heavy atom. The van der Waals surface area contributed by atoms with E-state index in [1.165, 1.54) is 94.2 Å². The molecule has 1 aliphatic heterocycles. The SMILES string of the molecule is CCCCCCCCCCCCCCOC(=O)c1cc(Cl)c(N2NC(=Nc3ccc(Cl)cc3Cl)C(NS(=O)(=O)c3ccccc3)C2=O)c(Cl)c1. The first-order valence-electron chi connectivity index (χ1n) is 16.9. The molecule has 3 aromatic rings. The number of hydrazine groups is 1. The van der Waals surface area contributed by atoms with Crippen molar-refractivity contribution in [1.82, 2.24) is 10.1 Å². The van der Waals surface area contributed by atoms with Crippen LogP contribution in [0.2, 0.25) is 20.1 Å². The van der Waals surface area contributed by atoms with Gasteiger partial charge in [-0.25, -0.2) is 23.2 Å². The van der Waals surface area contributed by atoms with Crippen molar-refractivity contribution < 1.29 is 22.7 Å². The largest absolute Gasteiger partial charge is 0.462 e. The van der Waals surface area contributed by atoms with Crippen molar-refractivity contribution in [3.63, 3.8) is 0 Å². The third-order valence-electron chi connectivity index (χ3n) is 8.15. The highest BCUT2D eigenvalue weighted by Gasteiger charge is 2.43. The molecule has 2 N–H and O–H groups in total. The minimum atomic E-state index is -4.19. The van der Waals surface area contributed by atoms with Gasteiger partial charge in [-0.05, 0) is 48.9 Å². The van der Waals surface area contributed by atoms with Gasteiger partial charge in [0.1, 0.15) is 11.5 Å². The number of benzene rings is 3. The first-order valence-corrected chi connectivity index (χ1v) is 19.9. The lowest BCUT2D eigenvalue weighted by Gasteiger charge is -2.20. The Balaban J connectivity index is 1.40. The number of amides is 1. The van der Waals surface area contributed by atoms with E-state index in [0.717, 1.165) is 24.3 Å². The van der Waals surface area contributed by atoms with E-state index in [9.17, 15) is 18.0 Å². The molecule has 1 fully saturated rings. The zero-order valence-corrected chi connectivity index (χ0v) is 31.7. The summed E-state index contributed by atoms with van der Waals surface area (Å²) in [5.74, 6) is -1.48. The number of ether oxygens (including phenoxy) is 1. The van der Waals surface area contributed by atoms with Crippen LogP contribution >= 0.6 is 46.4 Å². The standard InChI is InChI=1S/C36H42Cl4N4O5S/c1-2-3-4-5-6-7-8-9-10-11-12-16-21-49-36(46)25-22-29(39)33(30(40)23-25)44-35(45)32(43-50(47,48)27-17-14-13-15-18-27)34(42-44)41-31-20-19-26(37)24-28(31)38/h13-15,17-20,22-24,32,43H,2-12,16,21H2,1H3,(H,41,42). The molecule has 0 spiro atoms. The van der Waals surface area contributed by atoms with Crippen LogP contribution < -0.4 is 15.2 Å². The Hall–Kier alpha value is -2.86. The smallest absolute Gasteiger partial charge is 0.338 e. The van der Waals surface area contributed by atoms with E-state index in [-0.39, 0.29) is 49.3 Å². The van der Waals surface area contributed by atoms with Gasteiger partial charge in [0.2, 0.25) is 10.0 Å². The maximum atomic E-state index is 13.8. The predicted molar refractivity (Wildman–Crippen MR) is 203 cm³/mol. The molecule has 3 aromatic carbocycles. The second-order valence-electron chi connectivity index (χ2n) is 12.1. The summed E-state index contributed by atoms with van der Waals surface area (Å²) in [5, 5.41) is 1.42. The Bertz CT molecular complexity index is 1740. The number of halogens is 4. The maximum absolute atomic E-state index is 13.8. The van der Waals surface area contributed by atoms with E-state index in [2.05, 4.69) is 22.1 Å². The molecule has 1 unspecified atom stereocenters. The topological polar surface area (TPSA) is 117 Å². The molecule has 14 heteroatoms. The van der Waals surface area contributed by atoms with Crippen LogP contribution in [0, 0.1) is 0 Å². The first kappa shape index (κ1) is 39.9. The van der Waals surface area contributed by atoms with Gasteiger partial charge in [0.05, 0.1) is 37.8 Å². The number of carbonyl (C=O) groups excluding carboxylic acids is 2. The molecule has 1 heterocycles. The van der Waals surface area contributed by atoms with E-state index in [0.29, 0.717) is 5.02 Å². The van der Waals surface area contributed by atoms with Gasteiger partial charge < -0.3 is 4.74 Å². The number of nitrogens with zero attached hydrogens (tertiary/aromatic N) is 2. The van der Waals surface area contributed by atoms with Gasteiger partial charge in [0.25, 0.3) is 5.91 Å². The molecule has 270 valence electrons. The van der Waals surface area contributed by atoms with Gasteiger partial charge in [-0.15, -0.1) is 0 Å². The number of anilines is 1. The molecule has 0 bridgehead atoms. The number of aliphatic imine (C=N–C) groups is 1. The van der Waals surface area contributed by atoms with Gasteiger partial charge in [0, 0.05) is 5.02 Å². The molecule has 1 aliphatic rings. The highest BCUT2D eigenvalue weighted by atomic mass is 35.5. The fourth-order valence-corrected chi connectivity index (χ4v) is 7.74. The lowest BCUT2D eigenvalue weighted by atomic mass is 10.1. The van der Waals surface area contributed by atoms with Crippen molar-refractivity contribution in [3.8, 4) is 0 Å². The Labute approximate surface area is 314 Å².